The van der Waals surface area contributed by atoms with Crippen LogP contribution in [0.2, 0.25) is 0 Å². The van der Waals surface area contributed by atoms with Crippen LogP contribution in [-0.2, 0) is 25.4 Å². The van der Waals surface area contributed by atoms with E-state index in [-0.39, 0.29) is 37.2 Å². The zero-order valence-electron chi connectivity index (χ0n) is 18.9. The number of nitrogens with zero attached hydrogens (tertiary/aromatic N) is 3. The first-order valence-corrected chi connectivity index (χ1v) is 9.59. The zero-order chi connectivity index (χ0) is 23.1. The molecule has 10 heteroatoms. The Labute approximate surface area is 176 Å². The number of rotatable bonds is 6. The molecular formula is C20H31N3O7. The fourth-order valence-corrected chi connectivity index (χ4v) is 2.16. The lowest BCUT2D eigenvalue weighted by Gasteiger charge is -2.27. The lowest BCUT2D eigenvalue weighted by atomic mass is 10.2. The van der Waals surface area contributed by atoms with E-state index in [1.165, 1.54) is 13.3 Å². The molecular weight excluding hydrogens is 394 g/mol. The molecule has 10 nitrogen and oxygen atoms in total. The van der Waals surface area contributed by atoms with Gasteiger partial charge in [0.05, 0.1) is 13.7 Å². The summed E-state index contributed by atoms with van der Waals surface area (Å²) in [6.45, 7) is 12.0. The molecule has 0 aliphatic rings. The molecule has 0 radical (unpaired) electrons. The molecule has 1 rings (SSSR count). The number of methoxy groups -OCH3 is 1. The Hall–Kier alpha value is -2.91. The molecule has 0 atom stereocenters. The van der Waals surface area contributed by atoms with Gasteiger partial charge in [-0.1, -0.05) is 0 Å². The number of ether oxygens (including phenoxy) is 4. The molecule has 0 aliphatic heterocycles. The predicted molar refractivity (Wildman–Crippen MR) is 108 cm³/mol. The fraction of sp³-hybridized carbons (Fsp3) is 0.650. The monoisotopic (exact) mass is 425 g/mol. The van der Waals surface area contributed by atoms with Crippen molar-refractivity contribution in [1.29, 1.82) is 0 Å². The van der Waals surface area contributed by atoms with Crippen LogP contribution >= 0.6 is 0 Å². The van der Waals surface area contributed by atoms with Crippen LogP contribution in [0.25, 0.3) is 0 Å². The molecule has 2 amide bonds. The highest BCUT2D eigenvalue weighted by molar-refractivity contribution is 6.08. The Balaban J connectivity index is 3.23. The van der Waals surface area contributed by atoms with Crippen molar-refractivity contribution in [3.63, 3.8) is 0 Å². The van der Waals surface area contributed by atoms with Gasteiger partial charge in [-0.2, -0.15) is 4.98 Å². The van der Waals surface area contributed by atoms with Crippen molar-refractivity contribution in [1.82, 2.24) is 9.97 Å². The van der Waals surface area contributed by atoms with E-state index in [1.54, 1.807) is 48.5 Å². The van der Waals surface area contributed by atoms with Crippen molar-refractivity contribution >= 4 is 24.1 Å². The van der Waals surface area contributed by atoms with Gasteiger partial charge < -0.3 is 18.9 Å². The fourth-order valence-electron chi connectivity index (χ4n) is 2.16. The number of anilines is 1. The maximum Gasteiger partial charge on any atom is 0.427 e. The summed E-state index contributed by atoms with van der Waals surface area (Å²) in [4.78, 5) is 45.8. The summed E-state index contributed by atoms with van der Waals surface area (Å²) in [7, 11) is 1.38. The summed E-state index contributed by atoms with van der Waals surface area (Å²) in [6.07, 6.45) is -0.228. The second kappa shape index (κ2) is 10.2. The largest absolute Gasteiger partial charge is 0.481 e. The summed E-state index contributed by atoms with van der Waals surface area (Å²) < 4.78 is 20.8. The first-order chi connectivity index (χ1) is 13.8. The second-order valence-electron chi connectivity index (χ2n) is 8.31. The molecule has 0 saturated heterocycles. The molecule has 0 unspecified atom stereocenters. The van der Waals surface area contributed by atoms with Gasteiger partial charge in [-0.15, -0.1) is 4.90 Å². The molecule has 0 aromatic carbocycles. The van der Waals surface area contributed by atoms with Crippen LogP contribution in [0.4, 0.5) is 15.5 Å². The Morgan fingerprint density at radius 1 is 1.00 bits per heavy atom. The van der Waals surface area contributed by atoms with E-state index in [2.05, 4.69) is 9.97 Å². The Morgan fingerprint density at radius 2 is 1.53 bits per heavy atom. The average Bonchev–Trinajstić information content (AvgIpc) is 2.57. The van der Waals surface area contributed by atoms with Gasteiger partial charge in [-0.25, -0.2) is 14.6 Å². The van der Waals surface area contributed by atoms with Gasteiger partial charge >= 0.3 is 18.2 Å². The normalized spacial score (nSPS) is 11.5. The lowest BCUT2D eigenvalue weighted by molar-refractivity contribution is -0.143. The molecule has 30 heavy (non-hydrogen) atoms. The number of hydrogen-bond acceptors (Lipinski definition) is 9. The van der Waals surface area contributed by atoms with Gasteiger partial charge in [0.2, 0.25) is 11.8 Å². The Morgan fingerprint density at radius 3 is 1.97 bits per heavy atom. The minimum atomic E-state index is -0.988. The summed E-state index contributed by atoms with van der Waals surface area (Å²) in [6, 6.07) is 0. The number of amides is 2. The predicted octanol–water partition coefficient (Wildman–Crippen LogP) is 3.66. The number of esters is 1. The molecule has 0 bridgehead atoms. The van der Waals surface area contributed by atoms with Gasteiger partial charge in [-0.3, -0.25) is 4.79 Å². The van der Waals surface area contributed by atoms with Gasteiger partial charge in [0, 0.05) is 18.2 Å². The molecule has 1 heterocycles. The number of imide groups is 1. The van der Waals surface area contributed by atoms with Crippen molar-refractivity contribution < 1.29 is 33.3 Å². The van der Waals surface area contributed by atoms with E-state index in [0.29, 0.717) is 10.5 Å². The third kappa shape index (κ3) is 8.22. The summed E-state index contributed by atoms with van der Waals surface area (Å²) in [5.74, 6) is -0.524. The van der Waals surface area contributed by atoms with Crippen LogP contribution in [0.1, 0.15) is 60.5 Å². The van der Waals surface area contributed by atoms with Crippen LogP contribution in [0.3, 0.4) is 0 Å². The summed E-state index contributed by atoms with van der Waals surface area (Å²) in [5.41, 5.74) is -1.20. The van der Waals surface area contributed by atoms with Crippen LogP contribution in [0.5, 0.6) is 5.88 Å². The standard InChI is InChI=1S/C20H31N3O7/c1-9-28-14(24)11-10-13-12-21-16(22-15(13)27-8)23(17(25)29-19(2,3)4)18(26)30-20(5,6)7/h12H,9-11H2,1-8H3. The highest BCUT2D eigenvalue weighted by Gasteiger charge is 2.35. The van der Waals surface area contributed by atoms with Crippen molar-refractivity contribution in [3.8, 4) is 5.88 Å². The lowest BCUT2D eigenvalue weighted by Crippen LogP contribution is -2.44. The molecule has 0 fully saturated rings. The maximum atomic E-state index is 12.7. The minimum Gasteiger partial charge on any atom is -0.481 e. The topological polar surface area (TPSA) is 117 Å². The van der Waals surface area contributed by atoms with Crippen molar-refractivity contribution in [2.45, 2.75) is 72.5 Å². The van der Waals surface area contributed by atoms with Gasteiger partial charge in [0.25, 0.3) is 0 Å². The van der Waals surface area contributed by atoms with E-state index >= 15 is 0 Å². The molecule has 1 aromatic heterocycles. The molecule has 0 N–H and O–H groups in total. The quantitative estimate of drug-likeness (QED) is 0.497. The van der Waals surface area contributed by atoms with Crippen LogP contribution in [-0.4, -0.2) is 53.0 Å². The van der Waals surface area contributed by atoms with Gasteiger partial charge in [-0.05, 0) is 54.9 Å². The molecule has 1 aromatic rings. The summed E-state index contributed by atoms with van der Waals surface area (Å²) in [5, 5.41) is 0. The highest BCUT2D eigenvalue weighted by atomic mass is 16.6. The molecule has 0 saturated carbocycles. The smallest absolute Gasteiger partial charge is 0.427 e. The van der Waals surface area contributed by atoms with E-state index in [4.69, 9.17) is 18.9 Å². The number of aromatic nitrogens is 2. The molecule has 168 valence electrons. The average molecular weight is 425 g/mol. The molecule has 0 spiro atoms. The Kier molecular flexibility index (Phi) is 8.56. The van der Waals surface area contributed by atoms with Crippen LogP contribution < -0.4 is 9.64 Å². The SMILES string of the molecule is CCOC(=O)CCc1cnc(N(C(=O)OC(C)(C)C)C(=O)OC(C)(C)C)nc1OC. The van der Waals surface area contributed by atoms with Crippen LogP contribution in [0.15, 0.2) is 6.20 Å². The van der Waals surface area contributed by atoms with Crippen molar-refractivity contribution in [2.24, 2.45) is 0 Å². The van der Waals surface area contributed by atoms with E-state index in [9.17, 15) is 14.4 Å². The number of aryl methyl sites for hydroxylation is 1. The van der Waals surface area contributed by atoms with E-state index < -0.39 is 23.4 Å². The van der Waals surface area contributed by atoms with Gasteiger partial charge in [0.1, 0.15) is 11.2 Å². The number of carbonyl (C=O) groups is 3. The molecule has 0 aliphatic carbocycles. The third-order valence-electron chi connectivity index (χ3n) is 3.26. The minimum absolute atomic E-state index is 0.106. The second-order valence-corrected chi connectivity index (χ2v) is 8.31. The number of hydrogen-bond donors (Lipinski definition) is 0. The Bertz CT molecular complexity index is 739. The highest BCUT2D eigenvalue weighted by Crippen LogP contribution is 2.23. The van der Waals surface area contributed by atoms with Crippen LogP contribution in [0, 0.1) is 0 Å². The van der Waals surface area contributed by atoms with E-state index in [1.807, 2.05) is 0 Å². The number of carbonyl (C=O) groups excluding carboxylic acids is 3. The van der Waals surface area contributed by atoms with Gasteiger partial charge in [0.15, 0.2) is 0 Å². The van der Waals surface area contributed by atoms with E-state index in [0.717, 1.165) is 0 Å². The summed E-state index contributed by atoms with van der Waals surface area (Å²) >= 11 is 0. The first kappa shape index (κ1) is 25.1. The van der Waals surface area contributed by atoms with Crippen molar-refractivity contribution in [3.05, 3.63) is 11.8 Å². The van der Waals surface area contributed by atoms with Crippen molar-refractivity contribution in [2.75, 3.05) is 18.6 Å². The first-order valence-electron chi connectivity index (χ1n) is 9.59. The third-order valence-corrected chi connectivity index (χ3v) is 3.26. The maximum absolute atomic E-state index is 12.7. The zero-order valence-corrected chi connectivity index (χ0v) is 18.9.